The lowest BCUT2D eigenvalue weighted by Crippen LogP contribution is -2.18. The van der Waals surface area contributed by atoms with E-state index in [0.29, 0.717) is 6.61 Å². The Kier molecular flexibility index (Phi) is 6.34. The molecule has 4 nitrogen and oxygen atoms in total. The molecule has 0 radical (unpaired) electrons. The number of nitrogens with zero attached hydrogens (tertiary/aromatic N) is 2. The molecule has 6 heteroatoms. The van der Waals surface area contributed by atoms with Crippen LogP contribution in [-0.4, -0.2) is 27.8 Å². The molecule has 1 aliphatic rings. The highest BCUT2D eigenvalue weighted by Crippen LogP contribution is 2.41. The van der Waals surface area contributed by atoms with Gasteiger partial charge in [0.1, 0.15) is 21.4 Å². The Morgan fingerprint density at radius 1 is 1.44 bits per heavy atom. The zero-order valence-corrected chi connectivity index (χ0v) is 16.8. The van der Waals surface area contributed by atoms with Gasteiger partial charge in [-0.15, -0.1) is 11.3 Å². The molecule has 0 saturated carbocycles. The van der Waals surface area contributed by atoms with Gasteiger partial charge in [-0.3, -0.25) is 4.79 Å². The Balaban J connectivity index is 1.74. The van der Waals surface area contributed by atoms with E-state index in [1.54, 1.807) is 17.7 Å². The summed E-state index contributed by atoms with van der Waals surface area (Å²) in [4.78, 5) is 23.7. The highest BCUT2D eigenvalue weighted by Gasteiger charge is 2.25. The molecule has 0 aliphatic heterocycles. The number of carbonyl (C=O) groups excluding carboxylic acids is 1. The first kappa shape index (κ1) is 18.6. The predicted octanol–water partition coefficient (Wildman–Crippen LogP) is 5.03. The van der Waals surface area contributed by atoms with Crippen molar-refractivity contribution in [3.63, 3.8) is 0 Å². The fraction of sp³-hybridized carbons (Fsp3) is 0.632. The number of ether oxygens (including phenoxy) is 1. The second-order valence-corrected chi connectivity index (χ2v) is 9.26. The van der Waals surface area contributed by atoms with E-state index in [9.17, 15) is 4.79 Å². The van der Waals surface area contributed by atoms with Crippen LogP contribution in [0.3, 0.4) is 0 Å². The molecule has 0 fully saturated rings. The van der Waals surface area contributed by atoms with E-state index < -0.39 is 0 Å². The number of thioether (sulfide) groups is 1. The highest BCUT2D eigenvalue weighted by atomic mass is 32.2. The summed E-state index contributed by atoms with van der Waals surface area (Å²) in [7, 11) is 0. The number of hydrogen-bond donors (Lipinski definition) is 0. The monoisotopic (exact) mass is 378 g/mol. The molecule has 0 amide bonds. The Labute approximate surface area is 157 Å². The van der Waals surface area contributed by atoms with Crippen molar-refractivity contribution in [1.29, 1.82) is 0 Å². The van der Waals surface area contributed by atoms with Crippen molar-refractivity contribution in [1.82, 2.24) is 9.97 Å². The first-order valence-corrected chi connectivity index (χ1v) is 10.9. The normalized spacial score (nSPS) is 18.1. The number of rotatable bonds is 7. The number of thiophene rings is 1. The fourth-order valence-electron chi connectivity index (χ4n) is 3.19. The lowest BCUT2D eigenvalue weighted by molar-refractivity contribution is -0.142. The third-order valence-electron chi connectivity index (χ3n) is 4.67. The second kappa shape index (κ2) is 8.49. The van der Waals surface area contributed by atoms with Gasteiger partial charge < -0.3 is 4.74 Å². The lowest BCUT2D eigenvalue weighted by atomic mass is 9.89. The Morgan fingerprint density at radius 2 is 2.28 bits per heavy atom. The van der Waals surface area contributed by atoms with Gasteiger partial charge in [-0.1, -0.05) is 38.5 Å². The maximum Gasteiger partial charge on any atom is 0.319 e. The standard InChI is InChI=1S/C19H26N2O2S2/c1-4-5-6-9-23-19(22)13(3)24-17-16-14-8-7-12(2)10-15(14)25-18(16)21-11-20-17/h11-13H,4-10H2,1-3H3/t12-,13+/m1/s1. The minimum atomic E-state index is -0.252. The molecule has 2 heterocycles. The van der Waals surface area contributed by atoms with E-state index in [1.807, 2.05) is 6.92 Å². The number of esters is 1. The molecule has 2 atom stereocenters. The van der Waals surface area contributed by atoms with Gasteiger partial charge >= 0.3 is 5.97 Å². The Morgan fingerprint density at radius 3 is 3.08 bits per heavy atom. The first-order valence-electron chi connectivity index (χ1n) is 9.18. The van der Waals surface area contributed by atoms with Crippen LogP contribution in [0.2, 0.25) is 0 Å². The van der Waals surface area contributed by atoms with Crippen LogP contribution in [0.5, 0.6) is 0 Å². The predicted molar refractivity (Wildman–Crippen MR) is 104 cm³/mol. The fourth-order valence-corrected chi connectivity index (χ4v) is 5.55. The molecule has 25 heavy (non-hydrogen) atoms. The lowest BCUT2D eigenvalue weighted by Gasteiger charge is -2.18. The van der Waals surface area contributed by atoms with E-state index in [-0.39, 0.29) is 11.2 Å². The van der Waals surface area contributed by atoms with Crippen LogP contribution in [-0.2, 0) is 22.4 Å². The van der Waals surface area contributed by atoms with E-state index in [2.05, 4.69) is 23.8 Å². The van der Waals surface area contributed by atoms with E-state index in [1.165, 1.54) is 34.0 Å². The average Bonchev–Trinajstić information content (AvgIpc) is 2.96. The summed E-state index contributed by atoms with van der Waals surface area (Å²) < 4.78 is 5.40. The summed E-state index contributed by atoms with van der Waals surface area (Å²) in [5, 5.41) is 1.85. The summed E-state index contributed by atoms with van der Waals surface area (Å²) in [6.45, 7) is 6.87. The van der Waals surface area contributed by atoms with Gasteiger partial charge in [0.05, 0.1) is 6.61 Å². The van der Waals surface area contributed by atoms with Crippen molar-refractivity contribution in [2.75, 3.05) is 6.61 Å². The van der Waals surface area contributed by atoms with Crippen LogP contribution in [0.1, 0.15) is 56.9 Å². The number of fused-ring (bicyclic) bond motifs is 3. The van der Waals surface area contributed by atoms with E-state index >= 15 is 0 Å². The van der Waals surface area contributed by atoms with Crippen molar-refractivity contribution in [3.8, 4) is 0 Å². The SMILES string of the molecule is CCCCCOC(=O)[C@H](C)Sc1ncnc2sc3c(c12)CC[C@@H](C)C3. The minimum absolute atomic E-state index is 0.148. The molecule has 0 aromatic carbocycles. The summed E-state index contributed by atoms with van der Waals surface area (Å²) in [6.07, 6.45) is 8.22. The molecular weight excluding hydrogens is 352 g/mol. The average molecular weight is 379 g/mol. The van der Waals surface area contributed by atoms with Crippen molar-refractivity contribution in [2.45, 2.75) is 69.6 Å². The number of unbranched alkanes of at least 4 members (excludes halogenated alkanes) is 2. The van der Waals surface area contributed by atoms with Crippen LogP contribution in [0.25, 0.3) is 10.2 Å². The molecule has 2 aromatic heterocycles. The summed E-state index contributed by atoms with van der Waals surface area (Å²) in [6, 6.07) is 0. The number of aryl methyl sites for hydroxylation is 1. The van der Waals surface area contributed by atoms with Crippen molar-refractivity contribution >= 4 is 39.3 Å². The summed E-state index contributed by atoms with van der Waals surface area (Å²) in [5.74, 6) is 0.590. The van der Waals surface area contributed by atoms with Gasteiger partial charge in [0.15, 0.2) is 0 Å². The molecule has 1 aliphatic carbocycles. The molecule has 0 spiro atoms. The quantitative estimate of drug-likeness (QED) is 0.293. The molecule has 0 saturated heterocycles. The topological polar surface area (TPSA) is 52.1 Å². The van der Waals surface area contributed by atoms with Gasteiger partial charge in [-0.25, -0.2) is 9.97 Å². The largest absolute Gasteiger partial charge is 0.465 e. The third-order valence-corrected chi connectivity index (χ3v) is 6.91. The maximum atomic E-state index is 12.2. The minimum Gasteiger partial charge on any atom is -0.465 e. The maximum absolute atomic E-state index is 12.2. The van der Waals surface area contributed by atoms with Crippen LogP contribution in [0, 0.1) is 5.92 Å². The van der Waals surface area contributed by atoms with Gasteiger partial charge in [0, 0.05) is 10.3 Å². The number of aromatic nitrogens is 2. The summed E-state index contributed by atoms with van der Waals surface area (Å²) >= 11 is 3.30. The second-order valence-electron chi connectivity index (χ2n) is 6.85. The molecule has 0 N–H and O–H groups in total. The highest BCUT2D eigenvalue weighted by molar-refractivity contribution is 8.00. The van der Waals surface area contributed by atoms with Crippen LogP contribution < -0.4 is 0 Å². The summed E-state index contributed by atoms with van der Waals surface area (Å²) in [5.41, 5.74) is 1.41. The zero-order chi connectivity index (χ0) is 17.8. The van der Waals surface area contributed by atoms with Crippen molar-refractivity contribution in [3.05, 3.63) is 16.8 Å². The Bertz CT molecular complexity index is 744. The van der Waals surface area contributed by atoms with E-state index in [4.69, 9.17) is 4.74 Å². The molecule has 3 rings (SSSR count). The zero-order valence-electron chi connectivity index (χ0n) is 15.2. The van der Waals surface area contributed by atoms with Crippen molar-refractivity contribution in [2.24, 2.45) is 5.92 Å². The Hall–Kier alpha value is -1.14. The van der Waals surface area contributed by atoms with Crippen LogP contribution in [0.15, 0.2) is 11.4 Å². The van der Waals surface area contributed by atoms with Gasteiger partial charge in [-0.2, -0.15) is 0 Å². The molecule has 2 aromatic rings. The van der Waals surface area contributed by atoms with Crippen LogP contribution >= 0.6 is 23.1 Å². The van der Waals surface area contributed by atoms with Crippen molar-refractivity contribution < 1.29 is 9.53 Å². The molecular formula is C19H26N2O2S2. The first-order chi connectivity index (χ1) is 12.1. The molecule has 136 valence electrons. The van der Waals surface area contributed by atoms with Gasteiger partial charge in [-0.05, 0) is 44.1 Å². The smallest absolute Gasteiger partial charge is 0.319 e. The van der Waals surface area contributed by atoms with Gasteiger partial charge in [0.25, 0.3) is 0 Å². The van der Waals surface area contributed by atoms with Gasteiger partial charge in [0.2, 0.25) is 0 Å². The molecule has 0 unspecified atom stereocenters. The number of hydrogen-bond acceptors (Lipinski definition) is 6. The molecule has 0 bridgehead atoms. The van der Waals surface area contributed by atoms with Crippen LogP contribution in [0.4, 0.5) is 0 Å². The van der Waals surface area contributed by atoms with E-state index in [0.717, 1.165) is 47.9 Å². The third kappa shape index (κ3) is 4.34. The number of carbonyl (C=O) groups is 1.